The van der Waals surface area contributed by atoms with Gasteiger partial charge in [-0.15, -0.1) is 0 Å². The van der Waals surface area contributed by atoms with E-state index in [0.717, 1.165) is 0 Å². The second-order valence-corrected chi connectivity index (χ2v) is 5.22. The first-order valence-electron chi connectivity index (χ1n) is 5.47. The zero-order chi connectivity index (χ0) is 12.2. The van der Waals surface area contributed by atoms with Crippen molar-refractivity contribution in [2.24, 2.45) is 5.41 Å². The third-order valence-electron chi connectivity index (χ3n) is 2.13. The Bertz CT molecular complexity index is 311. The van der Waals surface area contributed by atoms with Crippen LogP contribution in [0, 0.1) is 5.41 Å². The Balaban J connectivity index is 2.37. The van der Waals surface area contributed by atoms with E-state index < -0.39 is 6.10 Å². The monoisotopic (exact) mass is 224 g/mol. The molecule has 0 fully saturated rings. The van der Waals surface area contributed by atoms with Crippen LogP contribution >= 0.6 is 0 Å². The van der Waals surface area contributed by atoms with Crippen molar-refractivity contribution in [2.45, 2.75) is 33.3 Å². The summed E-state index contributed by atoms with van der Waals surface area (Å²) in [5, 5.41) is 18.8. The molecule has 1 unspecified atom stereocenters. The molecule has 1 aromatic carbocycles. The molecule has 0 bridgehead atoms. The molecule has 0 aliphatic rings. The fourth-order valence-corrected chi connectivity index (χ4v) is 1.50. The van der Waals surface area contributed by atoms with E-state index in [1.54, 1.807) is 24.3 Å². The highest BCUT2D eigenvalue weighted by Gasteiger charge is 2.16. The molecule has 0 amide bonds. The van der Waals surface area contributed by atoms with Crippen molar-refractivity contribution in [2.75, 3.05) is 6.61 Å². The van der Waals surface area contributed by atoms with Gasteiger partial charge in [0.1, 0.15) is 18.1 Å². The summed E-state index contributed by atoms with van der Waals surface area (Å²) in [4.78, 5) is 0. The molecule has 0 saturated carbocycles. The summed E-state index contributed by atoms with van der Waals surface area (Å²) in [5.41, 5.74) is 0.0950. The van der Waals surface area contributed by atoms with E-state index in [-0.39, 0.29) is 17.8 Å². The molecule has 3 heteroatoms. The lowest BCUT2D eigenvalue weighted by Gasteiger charge is -2.22. The highest BCUT2D eigenvalue weighted by atomic mass is 16.5. The molecule has 90 valence electrons. The number of aromatic hydroxyl groups is 1. The van der Waals surface area contributed by atoms with Crippen LogP contribution in [0.5, 0.6) is 11.5 Å². The standard InChI is InChI=1S/C13H20O3/c1-13(2,3)8-11(15)9-16-12-6-4-10(14)5-7-12/h4-7,11,14-15H,8-9H2,1-3H3. The number of rotatable bonds is 4. The largest absolute Gasteiger partial charge is 0.508 e. The molecule has 3 nitrogen and oxygen atoms in total. The SMILES string of the molecule is CC(C)(C)CC(O)COc1ccc(O)cc1. The number of aliphatic hydroxyl groups excluding tert-OH is 1. The van der Waals surface area contributed by atoms with Gasteiger partial charge in [0, 0.05) is 0 Å². The lowest BCUT2D eigenvalue weighted by Crippen LogP contribution is -2.23. The molecular weight excluding hydrogens is 204 g/mol. The maximum absolute atomic E-state index is 9.73. The molecule has 0 aromatic heterocycles. The summed E-state index contributed by atoms with van der Waals surface area (Å²) < 4.78 is 5.41. The van der Waals surface area contributed by atoms with Gasteiger partial charge in [0.05, 0.1) is 6.10 Å². The minimum Gasteiger partial charge on any atom is -0.508 e. The topological polar surface area (TPSA) is 49.7 Å². The van der Waals surface area contributed by atoms with E-state index >= 15 is 0 Å². The Hall–Kier alpha value is -1.22. The number of benzene rings is 1. The molecule has 0 aliphatic carbocycles. The van der Waals surface area contributed by atoms with Gasteiger partial charge in [-0.25, -0.2) is 0 Å². The van der Waals surface area contributed by atoms with Gasteiger partial charge >= 0.3 is 0 Å². The zero-order valence-electron chi connectivity index (χ0n) is 10.1. The van der Waals surface area contributed by atoms with Crippen molar-refractivity contribution in [3.8, 4) is 11.5 Å². The van der Waals surface area contributed by atoms with E-state index in [1.165, 1.54) is 0 Å². The van der Waals surface area contributed by atoms with Gasteiger partial charge in [0.2, 0.25) is 0 Å². The first-order valence-corrected chi connectivity index (χ1v) is 5.47. The smallest absolute Gasteiger partial charge is 0.119 e. The van der Waals surface area contributed by atoms with Crippen LogP contribution in [-0.2, 0) is 0 Å². The van der Waals surface area contributed by atoms with Gasteiger partial charge < -0.3 is 14.9 Å². The average Bonchev–Trinajstić information content (AvgIpc) is 2.14. The second-order valence-electron chi connectivity index (χ2n) is 5.22. The van der Waals surface area contributed by atoms with Crippen molar-refractivity contribution in [3.63, 3.8) is 0 Å². The van der Waals surface area contributed by atoms with Gasteiger partial charge in [-0.3, -0.25) is 0 Å². The zero-order valence-corrected chi connectivity index (χ0v) is 10.1. The summed E-state index contributed by atoms with van der Waals surface area (Å²) in [6.45, 7) is 6.52. The van der Waals surface area contributed by atoms with E-state index in [2.05, 4.69) is 20.8 Å². The Morgan fingerprint density at radius 2 is 1.75 bits per heavy atom. The van der Waals surface area contributed by atoms with E-state index in [4.69, 9.17) is 9.84 Å². The summed E-state index contributed by atoms with van der Waals surface area (Å²) in [6, 6.07) is 6.48. The molecule has 0 spiro atoms. The third-order valence-corrected chi connectivity index (χ3v) is 2.13. The van der Waals surface area contributed by atoms with Crippen LogP contribution in [-0.4, -0.2) is 22.9 Å². The second kappa shape index (κ2) is 5.21. The number of aliphatic hydroxyl groups is 1. The van der Waals surface area contributed by atoms with Crippen LogP contribution in [0.1, 0.15) is 27.2 Å². The van der Waals surface area contributed by atoms with Crippen LogP contribution in [0.2, 0.25) is 0 Å². The molecule has 0 saturated heterocycles. The highest BCUT2D eigenvalue weighted by Crippen LogP contribution is 2.22. The maximum atomic E-state index is 9.73. The summed E-state index contributed by atoms with van der Waals surface area (Å²) >= 11 is 0. The summed E-state index contributed by atoms with van der Waals surface area (Å²) in [5.74, 6) is 0.869. The maximum Gasteiger partial charge on any atom is 0.119 e. The number of phenols is 1. The van der Waals surface area contributed by atoms with E-state index in [1.807, 2.05) is 0 Å². The predicted octanol–water partition coefficient (Wildman–Crippen LogP) is 2.57. The van der Waals surface area contributed by atoms with E-state index in [0.29, 0.717) is 12.2 Å². The molecule has 0 heterocycles. The lowest BCUT2D eigenvalue weighted by molar-refractivity contribution is 0.0710. The molecule has 16 heavy (non-hydrogen) atoms. The highest BCUT2D eigenvalue weighted by molar-refractivity contribution is 5.30. The molecule has 2 N–H and O–H groups in total. The fourth-order valence-electron chi connectivity index (χ4n) is 1.50. The van der Waals surface area contributed by atoms with Crippen LogP contribution in [0.25, 0.3) is 0 Å². The Morgan fingerprint density at radius 3 is 2.25 bits per heavy atom. The van der Waals surface area contributed by atoms with Crippen LogP contribution in [0.15, 0.2) is 24.3 Å². The van der Waals surface area contributed by atoms with Crippen molar-refractivity contribution in [1.29, 1.82) is 0 Å². The van der Waals surface area contributed by atoms with Crippen molar-refractivity contribution in [3.05, 3.63) is 24.3 Å². The van der Waals surface area contributed by atoms with E-state index in [9.17, 15) is 5.11 Å². The third kappa shape index (κ3) is 5.03. The van der Waals surface area contributed by atoms with Gasteiger partial charge in [-0.2, -0.15) is 0 Å². The number of hydrogen-bond acceptors (Lipinski definition) is 3. The molecule has 0 aliphatic heterocycles. The van der Waals surface area contributed by atoms with Crippen LogP contribution < -0.4 is 4.74 Å². The number of hydrogen-bond donors (Lipinski definition) is 2. The summed E-state index contributed by atoms with van der Waals surface area (Å²) in [6.07, 6.45) is 0.235. The Kier molecular flexibility index (Phi) is 4.19. The quantitative estimate of drug-likeness (QED) is 0.826. The normalized spacial score (nSPS) is 13.5. The van der Waals surface area contributed by atoms with Gasteiger partial charge in [-0.05, 0) is 36.1 Å². The van der Waals surface area contributed by atoms with Crippen molar-refractivity contribution < 1.29 is 14.9 Å². The Labute approximate surface area is 96.7 Å². The minimum atomic E-state index is -0.464. The number of phenolic OH excluding ortho intramolecular Hbond substituents is 1. The number of ether oxygens (including phenoxy) is 1. The molecule has 1 atom stereocenters. The lowest BCUT2D eigenvalue weighted by atomic mass is 9.89. The van der Waals surface area contributed by atoms with Crippen LogP contribution in [0.4, 0.5) is 0 Å². The van der Waals surface area contributed by atoms with Gasteiger partial charge in [-0.1, -0.05) is 20.8 Å². The molecule has 1 rings (SSSR count). The van der Waals surface area contributed by atoms with Gasteiger partial charge in [0.15, 0.2) is 0 Å². The fraction of sp³-hybridized carbons (Fsp3) is 0.538. The van der Waals surface area contributed by atoms with Crippen LogP contribution in [0.3, 0.4) is 0 Å². The van der Waals surface area contributed by atoms with Gasteiger partial charge in [0.25, 0.3) is 0 Å². The predicted molar refractivity (Wildman–Crippen MR) is 63.7 cm³/mol. The minimum absolute atomic E-state index is 0.0950. The molecule has 0 radical (unpaired) electrons. The van der Waals surface area contributed by atoms with Crippen molar-refractivity contribution >= 4 is 0 Å². The summed E-state index contributed by atoms with van der Waals surface area (Å²) in [7, 11) is 0. The molecular formula is C13H20O3. The van der Waals surface area contributed by atoms with Crippen molar-refractivity contribution in [1.82, 2.24) is 0 Å². The first-order chi connectivity index (χ1) is 7.37. The average molecular weight is 224 g/mol. The Morgan fingerprint density at radius 1 is 1.19 bits per heavy atom. The molecule has 1 aromatic rings. The first kappa shape index (κ1) is 12.8.